The van der Waals surface area contributed by atoms with Crippen LogP contribution in [0.3, 0.4) is 0 Å². The Bertz CT molecular complexity index is 1520. The molecule has 0 atom stereocenters. The van der Waals surface area contributed by atoms with E-state index < -0.39 is 15.4 Å². The van der Waals surface area contributed by atoms with E-state index in [4.69, 9.17) is 0 Å². The van der Waals surface area contributed by atoms with Crippen molar-refractivity contribution in [2.75, 3.05) is 11.1 Å². The molecule has 2 aromatic heterocycles. The molecule has 170 valence electrons. The molecule has 2 heterocycles. The van der Waals surface area contributed by atoms with Gasteiger partial charge in [-0.05, 0) is 43.2 Å². The van der Waals surface area contributed by atoms with Crippen LogP contribution < -0.4 is 10.9 Å². The minimum atomic E-state index is -4.03. The van der Waals surface area contributed by atoms with Gasteiger partial charge in [-0.2, -0.15) is 0 Å². The number of thioether (sulfide) groups is 1. The fraction of sp³-hybridized carbons (Fsp3) is 0.130. The van der Waals surface area contributed by atoms with Crippen LogP contribution in [0.25, 0.3) is 10.2 Å². The van der Waals surface area contributed by atoms with Crippen LogP contribution in [0.1, 0.15) is 11.1 Å². The molecule has 0 radical (unpaired) electrons. The second kappa shape index (κ2) is 9.05. The maximum absolute atomic E-state index is 13.5. The highest BCUT2D eigenvalue weighted by Gasteiger charge is 2.29. The highest BCUT2D eigenvalue weighted by molar-refractivity contribution is 8.02. The van der Waals surface area contributed by atoms with Crippen molar-refractivity contribution < 1.29 is 18.3 Å². The number of thiophene rings is 1. The van der Waals surface area contributed by atoms with Crippen molar-refractivity contribution in [1.82, 2.24) is 4.98 Å². The van der Waals surface area contributed by atoms with E-state index in [1.54, 1.807) is 18.2 Å². The zero-order valence-electron chi connectivity index (χ0n) is 17.7. The predicted molar refractivity (Wildman–Crippen MR) is 131 cm³/mol. The van der Waals surface area contributed by atoms with Gasteiger partial charge in [0.25, 0.3) is 5.56 Å². The fourth-order valence-electron chi connectivity index (χ4n) is 3.28. The van der Waals surface area contributed by atoms with E-state index in [2.05, 4.69) is 10.3 Å². The van der Waals surface area contributed by atoms with Crippen LogP contribution in [-0.4, -0.2) is 30.2 Å². The first kappa shape index (κ1) is 23.1. The van der Waals surface area contributed by atoms with E-state index in [0.717, 1.165) is 40.3 Å². The first-order valence-electron chi connectivity index (χ1n) is 9.85. The first-order chi connectivity index (χ1) is 15.7. The number of aryl methyl sites for hydroxylation is 2. The van der Waals surface area contributed by atoms with Crippen molar-refractivity contribution in [3.63, 3.8) is 0 Å². The summed E-state index contributed by atoms with van der Waals surface area (Å²) in [6.45, 7) is 3.81. The molecule has 0 aliphatic heterocycles. The first-order valence-corrected chi connectivity index (χ1v) is 13.1. The van der Waals surface area contributed by atoms with Gasteiger partial charge in [-0.3, -0.25) is 9.59 Å². The maximum Gasteiger partial charge on any atom is 0.252 e. The molecule has 0 unspecified atom stereocenters. The van der Waals surface area contributed by atoms with Crippen LogP contribution in [0.5, 0.6) is 5.75 Å². The molecule has 7 nitrogen and oxygen atoms in total. The number of sulfone groups is 1. The van der Waals surface area contributed by atoms with Gasteiger partial charge >= 0.3 is 0 Å². The standard InChI is InChI=1S/C23H20N2O5S3/c1-13-8-9-14(2)16(10-13)24-19(28)12-31-23-22(33(29,30)15-6-4-3-5-7-15)20-21(32-23)17(26)11-18(27)25-20/h3-11H,12H2,1-2H3,(H,24,28)(H2,25,26,27). The SMILES string of the molecule is Cc1ccc(C)c(NC(=O)CSc2sc3c(O)cc(=O)[nH]c3c2S(=O)(=O)c2ccccc2)c1. The molecule has 0 aliphatic rings. The van der Waals surface area contributed by atoms with E-state index in [-0.39, 0.29) is 37.4 Å². The highest BCUT2D eigenvalue weighted by Crippen LogP contribution is 2.44. The molecule has 33 heavy (non-hydrogen) atoms. The topological polar surface area (TPSA) is 116 Å². The summed E-state index contributed by atoms with van der Waals surface area (Å²) >= 11 is 2.06. The summed E-state index contributed by atoms with van der Waals surface area (Å²) in [5.74, 6) is -0.662. The molecule has 0 saturated heterocycles. The number of H-pyrrole nitrogens is 1. The Balaban J connectivity index is 1.72. The molecule has 10 heteroatoms. The number of rotatable bonds is 6. The molecular weight excluding hydrogens is 480 g/mol. The molecule has 1 amide bonds. The molecule has 4 rings (SSSR count). The van der Waals surface area contributed by atoms with Crippen LogP contribution in [-0.2, 0) is 14.6 Å². The van der Waals surface area contributed by atoms with Gasteiger partial charge < -0.3 is 15.4 Å². The van der Waals surface area contributed by atoms with E-state index in [9.17, 15) is 23.1 Å². The van der Waals surface area contributed by atoms with Crippen molar-refractivity contribution in [1.29, 1.82) is 0 Å². The lowest BCUT2D eigenvalue weighted by Crippen LogP contribution is -2.15. The Hall–Kier alpha value is -3.08. The van der Waals surface area contributed by atoms with Crippen molar-refractivity contribution >= 4 is 54.7 Å². The van der Waals surface area contributed by atoms with Crippen LogP contribution in [0.15, 0.2) is 73.4 Å². The highest BCUT2D eigenvalue weighted by atomic mass is 32.2. The summed E-state index contributed by atoms with van der Waals surface area (Å²) in [7, 11) is -4.03. The smallest absolute Gasteiger partial charge is 0.252 e. The quantitative estimate of drug-likeness (QED) is 0.336. The van der Waals surface area contributed by atoms with Gasteiger partial charge in [0.1, 0.15) is 10.6 Å². The van der Waals surface area contributed by atoms with Gasteiger partial charge in [0.2, 0.25) is 15.7 Å². The van der Waals surface area contributed by atoms with Crippen molar-refractivity contribution in [3.8, 4) is 5.75 Å². The molecule has 3 N–H and O–H groups in total. The van der Waals surface area contributed by atoms with E-state index in [0.29, 0.717) is 9.90 Å². The maximum atomic E-state index is 13.5. The summed E-state index contributed by atoms with van der Waals surface area (Å²) in [6, 6.07) is 14.6. The average molecular weight is 501 g/mol. The van der Waals surface area contributed by atoms with E-state index >= 15 is 0 Å². The number of fused-ring (bicyclic) bond motifs is 1. The Morgan fingerprint density at radius 1 is 1.12 bits per heavy atom. The number of hydrogen-bond donors (Lipinski definition) is 3. The monoisotopic (exact) mass is 500 g/mol. The van der Waals surface area contributed by atoms with Crippen LogP contribution in [0.2, 0.25) is 0 Å². The third-order valence-corrected chi connectivity index (χ3v) is 9.49. The van der Waals surface area contributed by atoms with Gasteiger partial charge in [0.15, 0.2) is 0 Å². The van der Waals surface area contributed by atoms with Gasteiger partial charge in [-0.1, -0.05) is 30.3 Å². The molecule has 0 spiro atoms. The summed E-state index contributed by atoms with van der Waals surface area (Å²) in [5.41, 5.74) is 2.02. The summed E-state index contributed by atoms with van der Waals surface area (Å²) in [6.07, 6.45) is 0. The van der Waals surface area contributed by atoms with Crippen molar-refractivity contribution in [2.45, 2.75) is 27.8 Å². The number of aromatic hydroxyl groups is 1. The number of hydrogen-bond acceptors (Lipinski definition) is 7. The number of carbonyl (C=O) groups is 1. The third-order valence-electron chi connectivity index (χ3n) is 4.91. The van der Waals surface area contributed by atoms with Gasteiger partial charge in [0, 0.05) is 11.8 Å². The van der Waals surface area contributed by atoms with Gasteiger partial charge in [-0.25, -0.2) is 8.42 Å². The Morgan fingerprint density at radius 2 is 1.85 bits per heavy atom. The number of aromatic amines is 1. The van der Waals surface area contributed by atoms with Crippen molar-refractivity contribution in [3.05, 3.63) is 76.1 Å². The summed E-state index contributed by atoms with van der Waals surface area (Å²) < 4.78 is 27.5. The van der Waals surface area contributed by atoms with E-state index in [1.807, 2.05) is 32.0 Å². The van der Waals surface area contributed by atoms with E-state index in [1.165, 1.54) is 12.1 Å². The van der Waals surface area contributed by atoms with Crippen molar-refractivity contribution in [2.24, 2.45) is 0 Å². The van der Waals surface area contributed by atoms with Gasteiger partial charge in [-0.15, -0.1) is 23.1 Å². The molecular formula is C23H20N2O5S3. The number of aromatic nitrogens is 1. The Morgan fingerprint density at radius 3 is 2.58 bits per heavy atom. The number of benzene rings is 2. The number of anilines is 1. The number of pyridine rings is 1. The molecule has 0 bridgehead atoms. The molecule has 0 aliphatic carbocycles. The minimum absolute atomic E-state index is 0.0336. The molecule has 0 fully saturated rings. The van der Waals surface area contributed by atoms with Crippen LogP contribution in [0.4, 0.5) is 5.69 Å². The number of nitrogens with one attached hydrogen (secondary N) is 2. The molecule has 4 aromatic rings. The lowest BCUT2D eigenvalue weighted by molar-refractivity contribution is -0.113. The summed E-state index contributed by atoms with van der Waals surface area (Å²) in [5, 5.41) is 13.1. The Kier molecular flexibility index (Phi) is 6.33. The lowest BCUT2D eigenvalue weighted by Gasteiger charge is -2.10. The zero-order valence-corrected chi connectivity index (χ0v) is 20.2. The number of carbonyl (C=O) groups excluding carboxylic acids is 1. The second-order valence-electron chi connectivity index (χ2n) is 7.41. The van der Waals surface area contributed by atoms with Crippen LogP contribution in [0, 0.1) is 13.8 Å². The largest absolute Gasteiger partial charge is 0.506 e. The number of amides is 1. The average Bonchev–Trinajstić information content (AvgIpc) is 3.15. The van der Waals surface area contributed by atoms with Gasteiger partial charge in [0.05, 0.1) is 25.1 Å². The fourth-order valence-corrected chi connectivity index (χ4v) is 7.73. The molecule has 2 aromatic carbocycles. The van der Waals surface area contributed by atoms with Crippen LogP contribution >= 0.6 is 23.1 Å². The molecule has 0 saturated carbocycles. The predicted octanol–water partition coefficient (Wildman–Crippen LogP) is 4.48. The summed E-state index contributed by atoms with van der Waals surface area (Å²) in [4.78, 5) is 27.1. The lowest BCUT2D eigenvalue weighted by atomic mass is 10.1. The zero-order chi connectivity index (χ0) is 23.8. The Labute approximate surface area is 198 Å². The second-order valence-corrected chi connectivity index (χ2v) is 11.6. The minimum Gasteiger partial charge on any atom is -0.506 e. The third kappa shape index (κ3) is 4.68. The normalized spacial score (nSPS) is 11.6.